The summed E-state index contributed by atoms with van der Waals surface area (Å²) < 4.78 is 5.61. The molecule has 0 radical (unpaired) electrons. The summed E-state index contributed by atoms with van der Waals surface area (Å²) in [4.78, 5) is 17.5. The number of H-pyrrole nitrogens is 1. The predicted molar refractivity (Wildman–Crippen MR) is 56.8 cm³/mol. The summed E-state index contributed by atoms with van der Waals surface area (Å²) >= 11 is 0. The molecule has 3 N–H and O–H groups in total. The molecule has 2 rings (SSSR count). The Morgan fingerprint density at radius 2 is 2.13 bits per heavy atom. The largest absolute Gasteiger partial charge is 0.473 e. The van der Waals surface area contributed by atoms with Crippen molar-refractivity contribution in [2.45, 2.75) is 38.2 Å². The standard InChI is InChI=1S/C10H15N3O2/c11-8-9(14)12-6-13-10(8)15-7-4-2-1-3-5-7/h6-7H,1-5,11H2,(H,12,13,14). The maximum absolute atomic E-state index is 11.2. The Hall–Kier alpha value is -1.52. The van der Waals surface area contributed by atoms with Crippen LogP contribution in [0.5, 0.6) is 5.88 Å². The quantitative estimate of drug-likeness (QED) is 0.763. The number of nitrogens with zero attached hydrogens (tertiary/aromatic N) is 1. The topological polar surface area (TPSA) is 81.0 Å². The highest BCUT2D eigenvalue weighted by Crippen LogP contribution is 2.23. The van der Waals surface area contributed by atoms with E-state index in [0.29, 0.717) is 0 Å². The van der Waals surface area contributed by atoms with E-state index >= 15 is 0 Å². The summed E-state index contributed by atoms with van der Waals surface area (Å²) in [6, 6.07) is 0. The molecule has 1 aliphatic rings. The summed E-state index contributed by atoms with van der Waals surface area (Å²) in [6.07, 6.45) is 7.13. The molecule has 0 aliphatic heterocycles. The zero-order valence-electron chi connectivity index (χ0n) is 8.53. The molecule has 0 aromatic carbocycles. The molecule has 1 aliphatic carbocycles. The molecule has 15 heavy (non-hydrogen) atoms. The molecule has 1 saturated carbocycles. The first-order chi connectivity index (χ1) is 7.27. The Kier molecular flexibility index (Phi) is 2.89. The molecular weight excluding hydrogens is 194 g/mol. The molecule has 1 aromatic heterocycles. The first-order valence-electron chi connectivity index (χ1n) is 5.27. The van der Waals surface area contributed by atoms with Crippen molar-refractivity contribution in [1.82, 2.24) is 9.97 Å². The lowest BCUT2D eigenvalue weighted by Gasteiger charge is -2.22. The van der Waals surface area contributed by atoms with Crippen molar-refractivity contribution >= 4 is 5.69 Å². The van der Waals surface area contributed by atoms with Gasteiger partial charge >= 0.3 is 0 Å². The number of aromatic amines is 1. The molecule has 1 heterocycles. The van der Waals surface area contributed by atoms with Crippen LogP contribution in [0.25, 0.3) is 0 Å². The molecule has 0 spiro atoms. The van der Waals surface area contributed by atoms with E-state index in [4.69, 9.17) is 10.5 Å². The van der Waals surface area contributed by atoms with Crippen molar-refractivity contribution in [2.75, 3.05) is 5.73 Å². The number of nitrogen functional groups attached to an aromatic ring is 1. The number of anilines is 1. The van der Waals surface area contributed by atoms with E-state index < -0.39 is 0 Å². The molecular formula is C10H15N3O2. The Morgan fingerprint density at radius 1 is 1.40 bits per heavy atom. The van der Waals surface area contributed by atoms with Gasteiger partial charge in [-0.2, -0.15) is 0 Å². The monoisotopic (exact) mass is 209 g/mol. The number of ether oxygens (including phenoxy) is 1. The Balaban J connectivity index is 2.09. The minimum atomic E-state index is -0.337. The van der Waals surface area contributed by atoms with Crippen LogP contribution in [0.3, 0.4) is 0 Å². The average molecular weight is 209 g/mol. The molecule has 0 saturated heterocycles. The summed E-state index contributed by atoms with van der Waals surface area (Å²) in [7, 11) is 0. The number of hydrogen-bond acceptors (Lipinski definition) is 4. The predicted octanol–water partition coefficient (Wildman–Crippen LogP) is 1.06. The zero-order chi connectivity index (χ0) is 10.7. The molecule has 1 aromatic rings. The van der Waals surface area contributed by atoms with Crippen LogP contribution in [-0.4, -0.2) is 16.1 Å². The van der Waals surface area contributed by atoms with E-state index in [2.05, 4.69) is 9.97 Å². The maximum Gasteiger partial charge on any atom is 0.277 e. The van der Waals surface area contributed by atoms with E-state index in [9.17, 15) is 4.79 Å². The van der Waals surface area contributed by atoms with Gasteiger partial charge in [0.05, 0.1) is 6.33 Å². The molecule has 0 atom stereocenters. The molecule has 82 valence electrons. The number of nitrogens with one attached hydrogen (secondary N) is 1. The van der Waals surface area contributed by atoms with Crippen LogP contribution in [0, 0.1) is 0 Å². The fourth-order valence-electron chi connectivity index (χ4n) is 1.83. The highest BCUT2D eigenvalue weighted by atomic mass is 16.5. The number of nitrogens with two attached hydrogens (primary N) is 1. The summed E-state index contributed by atoms with van der Waals surface area (Å²) in [6.45, 7) is 0. The van der Waals surface area contributed by atoms with E-state index in [-0.39, 0.29) is 23.2 Å². The van der Waals surface area contributed by atoms with Crippen LogP contribution >= 0.6 is 0 Å². The van der Waals surface area contributed by atoms with Crippen molar-refractivity contribution < 1.29 is 4.74 Å². The van der Waals surface area contributed by atoms with Crippen molar-refractivity contribution in [3.8, 4) is 5.88 Å². The lowest BCUT2D eigenvalue weighted by atomic mass is 9.98. The van der Waals surface area contributed by atoms with Gasteiger partial charge in [-0.1, -0.05) is 6.42 Å². The molecule has 1 fully saturated rings. The van der Waals surface area contributed by atoms with E-state index in [1.54, 1.807) is 0 Å². The van der Waals surface area contributed by atoms with Gasteiger partial charge in [-0.05, 0) is 25.7 Å². The Morgan fingerprint density at radius 3 is 2.87 bits per heavy atom. The summed E-state index contributed by atoms with van der Waals surface area (Å²) in [5, 5.41) is 0. The number of rotatable bonds is 2. The van der Waals surface area contributed by atoms with Crippen LogP contribution in [-0.2, 0) is 0 Å². The Bertz CT molecular complexity index is 382. The van der Waals surface area contributed by atoms with Gasteiger partial charge in [-0.25, -0.2) is 4.98 Å². The third-order valence-electron chi connectivity index (χ3n) is 2.68. The number of hydrogen-bond donors (Lipinski definition) is 2. The molecule has 5 heteroatoms. The van der Waals surface area contributed by atoms with Gasteiger partial charge in [0.2, 0.25) is 5.88 Å². The third-order valence-corrected chi connectivity index (χ3v) is 2.68. The van der Waals surface area contributed by atoms with Gasteiger partial charge in [-0.15, -0.1) is 0 Å². The van der Waals surface area contributed by atoms with Crippen molar-refractivity contribution in [3.63, 3.8) is 0 Å². The van der Waals surface area contributed by atoms with Gasteiger partial charge in [-0.3, -0.25) is 4.79 Å². The van der Waals surface area contributed by atoms with Gasteiger partial charge in [0, 0.05) is 0 Å². The van der Waals surface area contributed by atoms with E-state index in [1.165, 1.54) is 25.6 Å². The van der Waals surface area contributed by atoms with Crippen LogP contribution in [0.2, 0.25) is 0 Å². The third kappa shape index (κ3) is 2.29. The van der Waals surface area contributed by atoms with Crippen LogP contribution in [0.4, 0.5) is 5.69 Å². The van der Waals surface area contributed by atoms with Crippen molar-refractivity contribution in [1.29, 1.82) is 0 Å². The van der Waals surface area contributed by atoms with E-state index in [0.717, 1.165) is 12.8 Å². The zero-order valence-corrected chi connectivity index (χ0v) is 8.53. The van der Waals surface area contributed by atoms with Crippen molar-refractivity contribution in [2.24, 2.45) is 0 Å². The van der Waals surface area contributed by atoms with Crippen LogP contribution < -0.4 is 16.0 Å². The lowest BCUT2D eigenvalue weighted by molar-refractivity contribution is 0.149. The Labute approximate surface area is 87.7 Å². The highest BCUT2D eigenvalue weighted by molar-refractivity contribution is 5.44. The first-order valence-corrected chi connectivity index (χ1v) is 5.27. The smallest absolute Gasteiger partial charge is 0.277 e. The molecule has 0 unspecified atom stereocenters. The van der Waals surface area contributed by atoms with Crippen molar-refractivity contribution in [3.05, 3.63) is 16.7 Å². The molecule has 5 nitrogen and oxygen atoms in total. The van der Waals surface area contributed by atoms with Gasteiger partial charge in [0.1, 0.15) is 6.10 Å². The minimum absolute atomic E-state index is 0.0723. The normalized spacial score (nSPS) is 17.6. The summed E-state index contributed by atoms with van der Waals surface area (Å²) in [5.74, 6) is 0.269. The second-order valence-electron chi connectivity index (χ2n) is 3.83. The minimum Gasteiger partial charge on any atom is -0.473 e. The van der Waals surface area contributed by atoms with Crippen LogP contribution in [0.1, 0.15) is 32.1 Å². The second kappa shape index (κ2) is 4.33. The second-order valence-corrected chi connectivity index (χ2v) is 3.83. The first kappa shape index (κ1) is 10.0. The fourth-order valence-corrected chi connectivity index (χ4v) is 1.83. The van der Waals surface area contributed by atoms with Gasteiger partial charge < -0.3 is 15.5 Å². The van der Waals surface area contributed by atoms with Crippen LogP contribution in [0.15, 0.2) is 11.1 Å². The highest BCUT2D eigenvalue weighted by Gasteiger charge is 2.17. The van der Waals surface area contributed by atoms with Gasteiger partial charge in [0.15, 0.2) is 5.69 Å². The summed E-state index contributed by atoms with van der Waals surface area (Å²) in [5.41, 5.74) is 5.30. The van der Waals surface area contributed by atoms with Gasteiger partial charge in [0.25, 0.3) is 5.56 Å². The molecule has 0 amide bonds. The number of aromatic nitrogens is 2. The molecule has 0 bridgehead atoms. The average Bonchev–Trinajstić information content (AvgIpc) is 2.26. The fraction of sp³-hybridized carbons (Fsp3) is 0.600. The maximum atomic E-state index is 11.2. The SMILES string of the molecule is Nc1c(OC2CCCCC2)nc[nH]c1=O. The van der Waals surface area contributed by atoms with E-state index in [1.807, 2.05) is 0 Å². The lowest BCUT2D eigenvalue weighted by Crippen LogP contribution is -2.23.